The lowest BCUT2D eigenvalue weighted by atomic mass is 10.0. The molecule has 0 bridgehead atoms. The van der Waals surface area contributed by atoms with Gasteiger partial charge in [0.05, 0.1) is 17.1 Å². The number of hydrogen-bond donors (Lipinski definition) is 0. The standard InChI is InChI=1S/C38H24N4S/c1-4-13-25(14-5-1)31-24-32(26-15-6-2-7-16-26)40-37(39-31)29-20-12-19-28(23-29)35-34-30-21-10-11-22-33(30)43-38(34)42-36(41-35)27-17-8-3-9-18-27/h1-24H. The van der Waals surface area contributed by atoms with Gasteiger partial charge in [0.15, 0.2) is 11.6 Å². The summed E-state index contributed by atoms with van der Waals surface area (Å²) in [6.45, 7) is 0. The van der Waals surface area contributed by atoms with Gasteiger partial charge in [-0.05, 0) is 18.2 Å². The molecule has 0 saturated heterocycles. The van der Waals surface area contributed by atoms with Crippen molar-refractivity contribution in [1.29, 1.82) is 0 Å². The minimum Gasteiger partial charge on any atom is -0.228 e. The summed E-state index contributed by atoms with van der Waals surface area (Å²) in [4.78, 5) is 21.3. The van der Waals surface area contributed by atoms with E-state index in [0.29, 0.717) is 11.6 Å². The van der Waals surface area contributed by atoms with Crippen LogP contribution < -0.4 is 0 Å². The van der Waals surface area contributed by atoms with Crippen LogP contribution in [0.4, 0.5) is 0 Å². The molecular formula is C38H24N4S. The van der Waals surface area contributed by atoms with Crippen LogP contribution in [0.25, 0.3) is 76.9 Å². The van der Waals surface area contributed by atoms with Crippen molar-refractivity contribution in [3.8, 4) is 56.5 Å². The number of hydrogen-bond acceptors (Lipinski definition) is 5. The third-order valence-corrected chi connectivity index (χ3v) is 8.59. The minimum absolute atomic E-state index is 0.672. The van der Waals surface area contributed by atoms with Crippen LogP contribution in [0.15, 0.2) is 146 Å². The Balaban J connectivity index is 1.34. The van der Waals surface area contributed by atoms with E-state index in [0.717, 1.165) is 60.5 Å². The Labute approximate surface area is 253 Å². The van der Waals surface area contributed by atoms with Crippen molar-refractivity contribution >= 4 is 31.6 Å². The smallest absolute Gasteiger partial charge is 0.161 e. The minimum atomic E-state index is 0.672. The molecule has 0 spiro atoms. The Hall–Kier alpha value is -5.52. The summed E-state index contributed by atoms with van der Waals surface area (Å²) in [6, 6.07) is 49.6. The van der Waals surface area contributed by atoms with Crippen molar-refractivity contribution in [2.45, 2.75) is 0 Å². The molecule has 5 heteroatoms. The van der Waals surface area contributed by atoms with E-state index in [-0.39, 0.29) is 0 Å². The maximum atomic E-state index is 5.18. The van der Waals surface area contributed by atoms with E-state index >= 15 is 0 Å². The molecule has 0 N–H and O–H groups in total. The van der Waals surface area contributed by atoms with E-state index in [2.05, 4.69) is 91.0 Å². The van der Waals surface area contributed by atoms with E-state index in [1.165, 1.54) is 4.70 Å². The number of rotatable bonds is 5. The highest BCUT2D eigenvalue weighted by Crippen LogP contribution is 2.40. The second-order valence-electron chi connectivity index (χ2n) is 10.3. The fraction of sp³-hybridized carbons (Fsp3) is 0. The van der Waals surface area contributed by atoms with E-state index in [9.17, 15) is 0 Å². The Kier molecular flexibility index (Phi) is 6.28. The molecule has 0 unspecified atom stereocenters. The van der Waals surface area contributed by atoms with Gasteiger partial charge in [-0.25, -0.2) is 19.9 Å². The molecule has 8 aromatic rings. The summed E-state index contributed by atoms with van der Waals surface area (Å²) in [5.41, 5.74) is 7.70. The van der Waals surface area contributed by atoms with Gasteiger partial charge in [-0.2, -0.15) is 0 Å². The summed E-state index contributed by atoms with van der Waals surface area (Å²) >= 11 is 1.70. The van der Waals surface area contributed by atoms with Crippen molar-refractivity contribution in [1.82, 2.24) is 19.9 Å². The highest BCUT2D eigenvalue weighted by Gasteiger charge is 2.18. The Bertz CT molecular complexity index is 2170. The van der Waals surface area contributed by atoms with Gasteiger partial charge in [-0.15, -0.1) is 11.3 Å². The highest BCUT2D eigenvalue weighted by molar-refractivity contribution is 7.25. The third kappa shape index (κ3) is 4.76. The fourth-order valence-electron chi connectivity index (χ4n) is 5.44. The van der Waals surface area contributed by atoms with Gasteiger partial charge in [0, 0.05) is 43.3 Å². The molecule has 8 rings (SSSR count). The molecule has 0 atom stereocenters. The predicted molar refractivity (Wildman–Crippen MR) is 178 cm³/mol. The maximum Gasteiger partial charge on any atom is 0.161 e. The predicted octanol–water partition coefficient (Wildman–Crippen LogP) is 9.97. The zero-order chi connectivity index (χ0) is 28.6. The molecule has 0 radical (unpaired) electrons. The van der Waals surface area contributed by atoms with Crippen LogP contribution in [0.5, 0.6) is 0 Å². The van der Waals surface area contributed by atoms with Crippen molar-refractivity contribution in [3.05, 3.63) is 146 Å². The molecule has 43 heavy (non-hydrogen) atoms. The topological polar surface area (TPSA) is 51.6 Å². The van der Waals surface area contributed by atoms with E-state index in [1.54, 1.807) is 11.3 Å². The van der Waals surface area contributed by atoms with Crippen LogP contribution in [-0.4, -0.2) is 19.9 Å². The zero-order valence-electron chi connectivity index (χ0n) is 23.1. The Morgan fingerprint density at radius 2 is 0.930 bits per heavy atom. The molecule has 0 aliphatic carbocycles. The monoisotopic (exact) mass is 568 g/mol. The zero-order valence-corrected chi connectivity index (χ0v) is 23.9. The molecule has 0 fully saturated rings. The normalized spacial score (nSPS) is 11.3. The van der Waals surface area contributed by atoms with E-state index < -0.39 is 0 Å². The average Bonchev–Trinajstić information content (AvgIpc) is 3.47. The first-order chi connectivity index (χ1) is 21.3. The fourth-order valence-corrected chi connectivity index (χ4v) is 6.52. The van der Waals surface area contributed by atoms with Gasteiger partial charge >= 0.3 is 0 Å². The van der Waals surface area contributed by atoms with Gasteiger partial charge < -0.3 is 0 Å². The summed E-state index contributed by atoms with van der Waals surface area (Å²) in [5, 5.41) is 2.23. The number of fused-ring (bicyclic) bond motifs is 3. The summed E-state index contributed by atoms with van der Waals surface area (Å²) in [5.74, 6) is 1.39. The highest BCUT2D eigenvalue weighted by atomic mass is 32.1. The van der Waals surface area contributed by atoms with Crippen molar-refractivity contribution in [2.24, 2.45) is 0 Å². The summed E-state index contributed by atoms with van der Waals surface area (Å²) < 4.78 is 1.20. The molecule has 202 valence electrons. The summed E-state index contributed by atoms with van der Waals surface area (Å²) in [7, 11) is 0. The quantitative estimate of drug-likeness (QED) is 0.207. The van der Waals surface area contributed by atoms with Crippen LogP contribution in [0.3, 0.4) is 0 Å². The van der Waals surface area contributed by atoms with Gasteiger partial charge in [-0.3, -0.25) is 0 Å². The molecule has 5 aromatic carbocycles. The molecule has 4 nitrogen and oxygen atoms in total. The van der Waals surface area contributed by atoms with Crippen LogP contribution in [0.2, 0.25) is 0 Å². The van der Waals surface area contributed by atoms with Crippen LogP contribution in [0, 0.1) is 0 Å². The van der Waals surface area contributed by atoms with Crippen LogP contribution >= 0.6 is 11.3 Å². The molecule has 3 heterocycles. The third-order valence-electron chi connectivity index (χ3n) is 7.53. The van der Waals surface area contributed by atoms with Crippen molar-refractivity contribution < 1.29 is 0 Å². The van der Waals surface area contributed by atoms with Crippen molar-refractivity contribution in [3.63, 3.8) is 0 Å². The van der Waals surface area contributed by atoms with Gasteiger partial charge in [-0.1, -0.05) is 127 Å². The lowest BCUT2D eigenvalue weighted by Crippen LogP contribution is -1.97. The average molecular weight is 569 g/mol. The maximum absolute atomic E-state index is 5.18. The molecular weight excluding hydrogens is 545 g/mol. The Morgan fingerprint density at radius 1 is 0.395 bits per heavy atom. The number of thiophene rings is 1. The first kappa shape index (κ1) is 25.2. The van der Waals surface area contributed by atoms with Crippen LogP contribution in [0.1, 0.15) is 0 Å². The molecule has 3 aromatic heterocycles. The van der Waals surface area contributed by atoms with Crippen molar-refractivity contribution in [2.75, 3.05) is 0 Å². The first-order valence-electron chi connectivity index (χ1n) is 14.2. The number of aromatic nitrogens is 4. The number of benzene rings is 5. The largest absolute Gasteiger partial charge is 0.228 e. The van der Waals surface area contributed by atoms with E-state index in [4.69, 9.17) is 19.9 Å². The lowest BCUT2D eigenvalue weighted by Gasteiger charge is -2.11. The Morgan fingerprint density at radius 3 is 1.60 bits per heavy atom. The lowest BCUT2D eigenvalue weighted by molar-refractivity contribution is 1.18. The van der Waals surface area contributed by atoms with Gasteiger partial charge in [0.2, 0.25) is 0 Å². The molecule has 0 aliphatic heterocycles. The molecule has 0 saturated carbocycles. The van der Waals surface area contributed by atoms with Gasteiger partial charge in [0.25, 0.3) is 0 Å². The SMILES string of the molecule is c1ccc(-c2cc(-c3ccccc3)nc(-c3cccc(-c4nc(-c5ccccc5)nc5sc6ccccc6c45)c3)n2)cc1. The first-order valence-corrected chi connectivity index (χ1v) is 15.0. The van der Waals surface area contributed by atoms with Crippen LogP contribution in [-0.2, 0) is 0 Å². The second-order valence-corrected chi connectivity index (χ2v) is 11.3. The second kappa shape index (κ2) is 10.7. The number of nitrogens with zero attached hydrogens (tertiary/aromatic N) is 4. The summed E-state index contributed by atoms with van der Waals surface area (Å²) in [6.07, 6.45) is 0. The molecule has 0 amide bonds. The van der Waals surface area contributed by atoms with E-state index in [1.807, 2.05) is 54.6 Å². The van der Waals surface area contributed by atoms with Gasteiger partial charge in [0.1, 0.15) is 4.83 Å². The molecule has 0 aliphatic rings.